The number of amides is 1. The minimum atomic E-state index is -0.974. The average Bonchev–Trinajstić information content (AvgIpc) is 3.13. The van der Waals surface area contributed by atoms with Crippen molar-refractivity contribution in [1.29, 1.82) is 5.26 Å². The second-order valence-electron chi connectivity index (χ2n) is 8.95. The zero-order valence-corrected chi connectivity index (χ0v) is 19.0. The predicted molar refractivity (Wildman–Crippen MR) is 128 cm³/mol. The summed E-state index contributed by atoms with van der Waals surface area (Å²) in [6, 6.07) is 16.2. The molecule has 2 unspecified atom stereocenters. The highest BCUT2D eigenvalue weighted by Crippen LogP contribution is 2.41. The van der Waals surface area contributed by atoms with E-state index in [2.05, 4.69) is 22.8 Å². The number of aliphatic hydroxyl groups excluding tert-OH is 1. The molecule has 0 radical (unpaired) electrons. The molecular formula is C27H29N3O4. The molecule has 34 heavy (non-hydrogen) atoms. The van der Waals surface area contributed by atoms with Gasteiger partial charge in [-0.1, -0.05) is 30.3 Å². The van der Waals surface area contributed by atoms with Crippen LogP contribution in [0.2, 0.25) is 0 Å². The van der Waals surface area contributed by atoms with Crippen LogP contribution in [0.3, 0.4) is 0 Å². The number of nitrogens with zero attached hydrogens (tertiary/aromatic N) is 2. The van der Waals surface area contributed by atoms with E-state index in [0.29, 0.717) is 24.9 Å². The molecule has 3 aromatic rings. The Labute approximate surface area is 198 Å². The summed E-state index contributed by atoms with van der Waals surface area (Å²) in [5, 5.41) is 30.0. The van der Waals surface area contributed by atoms with Gasteiger partial charge in [0.1, 0.15) is 0 Å². The van der Waals surface area contributed by atoms with Crippen LogP contribution < -0.4 is 5.73 Å². The van der Waals surface area contributed by atoms with Crippen molar-refractivity contribution in [2.24, 2.45) is 5.73 Å². The van der Waals surface area contributed by atoms with E-state index in [1.807, 2.05) is 30.3 Å². The summed E-state index contributed by atoms with van der Waals surface area (Å²) in [5.74, 6) is -1.74. The van der Waals surface area contributed by atoms with Crippen molar-refractivity contribution >= 4 is 22.8 Å². The first-order valence-electron chi connectivity index (χ1n) is 11.7. The number of nitrogens with two attached hydrogens (primary N) is 1. The van der Waals surface area contributed by atoms with Gasteiger partial charge in [0.25, 0.3) is 0 Å². The van der Waals surface area contributed by atoms with Gasteiger partial charge in [-0.25, -0.2) is 0 Å². The van der Waals surface area contributed by atoms with Crippen molar-refractivity contribution in [3.63, 3.8) is 0 Å². The number of aromatic nitrogens is 1. The Morgan fingerprint density at radius 1 is 1.24 bits per heavy atom. The third-order valence-corrected chi connectivity index (χ3v) is 6.75. The molecule has 1 aliphatic rings. The first-order valence-corrected chi connectivity index (χ1v) is 11.7. The van der Waals surface area contributed by atoms with Gasteiger partial charge in [0.15, 0.2) is 0 Å². The van der Waals surface area contributed by atoms with Crippen molar-refractivity contribution in [3.8, 4) is 6.07 Å². The van der Waals surface area contributed by atoms with Crippen molar-refractivity contribution in [1.82, 2.24) is 4.57 Å². The van der Waals surface area contributed by atoms with Crippen LogP contribution in [-0.2, 0) is 29.0 Å². The number of carboxylic acids is 1. The summed E-state index contributed by atoms with van der Waals surface area (Å²) in [6.45, 7) is 0.636. The van der Waals surface area contributed by atoms with E-state index < -0.39 is 18.0 Å². The van der Waals surface area contributed by atoms with E-state index in [1.54, 1.807) is 0 Å². The van der Waals surface area contributed by atoms with Gasteiger partial charge >= 0.3 is 5.97 Å². The molecule has 176 valence electrons. The lowest BCUT2D eigenvalue weighted by Crippen LogP contribution is -2.25. The molecule has 2 aromatic carbocycles. The quantitative estimate of drug-likeness (QED) is 0.446. The lowest BCUT2D eigenvalue weighted by Gasteiger charge is -2.22. The van der Waals surface area contributed by atoms with Crippen molar-refractivity contribution < 1.29 is 19.8 Å². The number of primary amides is 1. The Morgan fingerprint density at radius 3 is 2.68 bits per heavy atom. The zero-order valence-electron chi connectivity index (χ0n) is 19.0. The Morgan fingerprint density at radius 2 is 2.00 bits per heavy atom. The molecule has 0 saturated heterocycles. The maximum Gasteiger partial charge on any atom is 0.303 e. The zero-order chi connectivity index (χ0) is 24.2. The van der Waals surface area contributed by atoms with Crippen LogP contribution in [-0.4, -0.2) is 26.7 Å². The van der Waals surface area contributed by atoms with Crippen molar-refractivity contribution in [3.05, 3.63) is 70.4 Å². The molecule has 4 rings (SSSR count). The maximum absolute atomic E-state index is 12.4. The van der Waals surface area contributed by atoms with Crippen LogP contribution in [0.15, 0.2) is 42.5 Å². The first-order chi connectivity index (χ1) is 16.4. The third-order valence-electron chi connectivity index (χ3n) is 6.75. The fourth-order valence-corrected chi connectivity index (χ4v) is 5.17. The highest BCUT2D eigenvalue weighted by Gasteiger charge is 2.32. The normalized spacial score (nSPS) is 16.1. The highest BCUT2D eigenvalue weighted by molar-refractivity contribution is 5.94. The minimum absolute atomic E-state index is 0.0759. The number of carboxylic acid groups (broad SMARTS) is 1. The number of benzene rings is 2. The summed E-state index contributed by atoms with van der Waals surface area (Å²) in [7, 11) is 0. The molecule has 2 atom stereocenters. The fraction of sp³-hybridized carbons (Fsp3) is 0.370. The first kappa shape index (κ1) is 23.5. The molecule has 0 saturated carbocycles. The Bertz CT molecular complexity index is 1260. The van der Waals surface area contributed by atoms with Gasteiger partial charge in [-0.05, 0) is 66.5 Å². The lowest BCUT2D eigenvalue weighted by atomic mass is 9.83. The molecule has 1 aromatic heterocycles. The van der Waals surface area contributed by atoms with Crippen LogP contribution in [0.4, 0.5) is 0 Å². The monoisotopic (exact) mass is 459 g/mol. The van der Waals surface area contributed by atoms with E-state index in [9.17, 15) is 20.0 Å². The largest absolute Gasteiger partial charge is 0.481 e. The molecule has 1 aliphatic carbocycles. The van der Waals surface area contributed by atoms with Crippen molar-refractivity contribution in [2.75, 3.05) is 0 Å². The number of rotatable bonds is 9. The second kappa shape index (κ2) is 10.1. The summed E-state index contributed by atoms with van der Waals surface area (Å²) in [5.41, 5.74) is 11.3. The van der Waals surface area contributed by atoms with Crippen LogP contribution in [0.25, 0.3) is 10.9 Å². The average molecular weight is 460 g/mol. The topological polar surface area (TPSA) is 129 Å². The Balaban J connectivity index is 1.93. The van der Waals surface area contributed by atoms with Gasteiger partial charge in [-0.15, -0.1) is 0 Å². The number of nitriles is 1. The minimum Gasteiger partial charge on any atom is -0.481 e. The molecule has 7 nitrogen and oxygen atoms in total. The summed E-state index contributed by atoms with van der Waals surface area (Å²) in [6.07, 6.45) is 2.05. The molecule has 0 bridgehead atoms. The van der Waals surface area contributed by atoms with Crippen LogP contribution >= 0.6 is 0 Å². The summed E-state index contributed by atoms with van der Waals surface area (Å²) in [4.78, 5) is 23.5. The van der Waals surface area contributed by atoms with Crippen LogP contribution in [0.5, 0.6) is 0 Å². The summed E-state index contributed by atoms with van der Waals surface area (Å²) >= 11 is 0. The molecule has 0 aliphatic heterocycles. The fourth-order valence-electron chi connectivity index (χ4n) is 5.17. The molecule has 0 spiro atoms. The number of aliphatic carboxylic acids is 1. The van der Waals surface area contributed by atoms with Gasteiger partial charge in [-0.3, -0.25) is 9.59 Å². The second-order valence-corrected chi connectivity index (χ2v) is 8.95. The Kier molecular flexibility index (Phi) is 6.99. The van der Waals surface area contributed by atoms with E-state index in [-0.39, 0.29) is 25.2 Å². The molecule has 1 heterocycles. The van der Waals surface area contributed by atoms with E-state index >= 15 is 0 Å². The van der Waals surface area contributed by atoms with Gasteiger partial charge in [-0.2, -0.15) is 5.26 Å². The predicted octanol–water partition coefficient (Wildman–Crippen LogP) is 3.95. The van der Waals surface area contributed by atoms with Gasteiger partial charge in [0, 0.05) is 36.0 Å². The summed E-state index contributed by atoms with van der Waals surface area (Å²) < 4.78 is 2.23. The lowest BCUT2D eigenvalue weighted by molar-refractivity contribution is -0.137. The smallest absolute Gasteiger partial charge is 0.303 e. The van der Waals surface area contributed by atoms with Gasteiger partial charge < -0.3 is 20.5 Å². The number of carbonyl (C=O) groups is 2. The van der Waals surface area contributed by atoms with E-state index in [1.165, 1.54) is 0 Å². The van der Waals surface area contributed by atoms with Crippen molar-refractivity contribution in [2.45, 2.75) is 63.5 Å². The molecular weight excluding hydrogens is 430 g/mol. The van der Waals surface area contributed by atoms with E-state index in [4.69, 9.17) is 10.8 Å². The molecule has 1 amide bonds. The maximum atomic E-state index is 12.4. The number of carbonyl (C=O) groups excluding carboxylic acids is 1. The van der Waals surface area contributed by atoms with Gasteiger partial charge in [0.05, 0.1) is 18.1 Å². The number of aryl methyl sites for hydroxylation is 1. The number of hydrogen-bond acceptors (Lipinski definition) is 4. The molecule has 0 fully saturated rings. The number of aliphatic hydroxyl groups is 1. The Hall–Kier alpha value is -3.63. The molecule has 4 N–H and O–H groups in total. The molecule has 7 heteroatoms. The standard InChI is InChI=1S/C27H29N3O4/c28-13-5-8-18-14-23-21(15-20(18)24(31)11-12-25(32)33)26-19(27(29)34)9-4-10-22(26)30(23)16-17-6-2-1-3-7-17/h1-3,6-7,14-15,19,24,31H,4-5,8-12,16H2,(H2,29,34)(H,32,33). The number of hydrogen-bond donors (Lipinski definition) is 3. The van der Waals surface area contributed by atoms with E-state index in [0.717, 1.165) is 46.1 Å². The highest BCUT2D eigenvalue weighted by atomic mass is 16.4. The van der Waals surface area contributed by atoms with Gasteiger partial charge in [0.2, 0.25) is 5.91 Å². The third kappa shape index (κ3) is 4.68. The SMILES string of the molecule is N#CCCc1cc2c(cc1C(O)CCC(=O)O)c1c(n2Cc2ccccc2)CCCC1C(N)=O. The number of fused-ring (bicyclic) bond motifs is 3. The van der Waals surface area contributed by atoms with Crippen LogP contribution in [0, 0.1) is 11.3 Å². The van der Waals surface area contributed by atoms with Crippen LogP contribution in [0.1, 0.15) is 72.1 Å².